The molecule has 2 aromatic carbocycles. The molecule has 1 aliphatic rings. The molecule has 7 nitrogen and oxygen atoms in total. The molecule has 0 bridgehead atoms. The Morgan fingerprint density at radius 2 is 1.93 bits per heavy atom. The van der Waals surface area contributed by atoms with Crippen molar-refractivity contribution in [3.63, 3.8) is 0 Å². The van der Waals surface area contributed by atoms with E-state index in [0.29, 0.717) is 12.8 Å². The highest BCUT2D eigenvalue weighted by atomic mass is 16.3. The van der Waals surface area contributed by atoms with Crippen molar-refractivity contribution in [1.82, 2.24) is 5.32 Å². The summed E-state index contributed by atoms with van der Waals surface area (Å²) in [5.74, 6) is -0.740. The van der Waals surface area contributed by atoms with Crippen molar-refractivity contribution in [2.45, 2.75) is 37.5 Å². The third-order valence-electron chi connectivity index (χ3n) is 5.11. The molecule has 0 aromatic heterocycles. The molecule has 7 heteroatoms. The van der Waals surface area contributed by atoms with Crippen LogP contribution in [0.15, 0.2) is 59.7 Å². The van der Waals surface area contributed by atoms with E-state index < -0.39 is 24.2 Å². The molecule has 0 saturated carbocycles. The lowest BCUT2D eigenvalue weighted by Gasteiger charge is -2.24. The van der Waals surface area contributed by atoms with Crippen molar-refractivity contribution < 1.29 is 15.0 Å². The van der Waals surface area contributed by atoms with E-state index in [-0.39, 0.29) is 18.9 Å². The first-order chi connectivity index (χ1) is 13.6. The number of azide groups is 1. The summed E-state index contributed by atoms with van der Waals surface area (Å²) in [6.45, 7) is -0.0794. The molecular weight excluding hydrogens is 356 g/mol. The Labute approximate surface area is 163 Å². The van der Waals surface area contributed by atoms with Crippen molar-refractivity contribution >= 4 is 5.91 Å². The third kappa shape index (κ3) is 4.89. The Morgan fingerprint density at radius 1 is 1.21 bits per heavy atom. The van der Waals surface area contributed by atoms with Crippen LogP contribution in [-0.4, -0.2) is 34.9 Å². The van der Waals surface area contributed by atoms with E-state index in [1.807, 2.05) is 54.6 Å². The monoisotopic (exact) mass is 380 g/mol. The van der Waals surface area contributed by atoms with Crippen LogP contribution < -0.4 is 5.32 Å². The van der Waals surface area contributed by atoms with Gasteiger partial charge in [0.1, 0.15) is 0 Å². The molecule has 28 heavy (non-hydrogen) atoms. The molecule has 0 radical (unpaired) electrons. The van der Waals surface area contributed by atoms with Gasteiger partial charge in [-0.15, -0.1) is 0 Å². The van der Waals surface area contributed by atoms with Crippen molar-refractivity contribution in [2.75, 3.05) is 6.54 Å². The van der Waals surface area contributed by atoms with Gasteiger partial charge in [-0.25, -0.2) is 0 Å². The number of hydrogen-bond acceptors (Lipinski definition) is 4. The van der Waals surface area contributed by atoms with E-state index in [4.69, 9.17) is 5.53 Å². The van der Waals surface area contributed by atoms with Crippen molar-refractivity contribution in [2.24, 2.45) is 11.0 Å². The first-order valence-electron chi connectivity index (χ1n) is 9.37. The number of aliphatic hydroxyl groups is 2. The minimum Gasteiger partial charge on any atom is -0.393 e. The zero-order chi connectivity index (χ0) is 19.9. The number of benzene rings is 2. The Kier molecular flexibility index (Phi) is 6.66. The SMILES string of the molecule is [N-]=[N+]=NC[C@@H](O)C[C@@H](Cc1ccccc1)C(=O)N[C@H]1c2ccccc2C[C@H]1O. The quantitative estimate of drug-likeness (QED) is 0.371. The van der Waals surface area contributed by atoms with Crippen LogP contribution in [0, 0.1) is 5.92 Å². The molecule has 146 valence electrons. The second-order valence-electron chi connectivity index (χ2n) is 7.15. The van der Waals surface area contributed by atoms with Gasteiger partial charge in [-0.2, -0.15) is 0 Å². The van der Waals surface area contributed by atoms with Crippen LogP contribution in [0.1, 0.15) is 29.2 Å². The number of aliphatic hydroxyl groups excluding tert-OH is 2. The number of rotatable bonds is 8. The van der Waals surface area contributed by atoms with Crippen molar-refractivity contribution in [3.8, 4) is 0 Å². The highest BCUT2D eigenvalue weighted by molar-refractivity contribution is 5.79. The van der Waals surface area contributed by atoms with Gasteiger partial charge in [0.25, 0.3) is 0 Å². The molecule has 0 unspecified atom stereocenters. The predicted octanol–water partition coefficient (Wildman–Crippen LogP) is 2.68. The number of carbonyl (C=O) groups is 1. The van der Waals surface area contributed by atoms with Gasteiger partial charge in [-0.05, 0) is 35.1 Å². The highest BCUT2D eigenvalue weighted by Gasteiger charge is 2.34. The highest BCUT2D eigenvalue weighted by Crippen LogP contribution is 2.31. The van der Waals surface area contributed by atoms with E-state index in [9.17, 15) is 15.0 Å². The van der Waals surface area contributed by atoms with E-state index in [2.05, 4.69) is 15.3 Å². The number of nitrogens with one attached hydrogen (secondary N) is 1. The van der Waals surface area contributed by atoms with E-state index in [1.54, 1.807) is 0 Å². The first-order valence-corrected chi connectivity index (χ1v) is 9.37. The Bertz CT molecular complexity index is 852. The van der Waals surface area contributed by atoms with Gasteiger partial charge in [-0.3, -0.25) is 4.79 Å². The fraction of sp³-hybridized carbons (Fsp3) is 0.381. The van der Waals surface area contributed by atoms with Gasteiger partial charge in [-0.1, -0.05) is 59.7 Å². The molecule has 0 aliphatic heterocycles. The molecule has 0 fully saturated rings. The molecule has 2 aromatic rings. The topological polar surface area (TPSA) is 118 Å². The average Bonchev–Trinajstić information content (AvgIpc) is 3.02. The fourth-order valence-electron chi connectivity index (χ4n) is 3.73. The fourth-order valence-corrected chi connectivity index (χ4v) is 3.73. The molecular formula is C21H24N4O3. The lowest BCUT2D eigenvalue weighted by molar-refractivity contribution is -0.127. The van der Waals surface area contributed by atoms with E-state index in [0.717, 1.165) is 16.7 Å². The summed E-state index contributed by atoms with van der Waals surface area (Å²) in [6, 6.07) is 16.8. The van der Waals surface area contributed by atoms with Gasteiger partial charge >= 0.3 is 0 Å². The van der Waals surface area contributed by atoms with Gasteiger partial charge in [0.2, 0.25) is 5.91 Å². The first kappa shape index (κ1) is 19.9. The van der Waals surface area contributed by atoms with Crippen LogP contribution in [0.2, 0.25) is 0 Å². The summed E-state index contributed by atoms with van der Waals surface area (Å²) in [4.78, 5) is 15.7. The van der Waals surface area contributed by atoms with Crippen LogP contribution in [0.3, 0.4) is 0 Å². The maximum Gasteiger partial charge on any atom is 0.224 e. The summed E-state index contributed by atoms with van der Waals surface area (Å²) < 4.78 is 0. The lowest BCUT2D eigenvalue weighted by Crippen LogP contribution is -2.39. The van der Waals surface area contributed by atoms with Gasteiger partial charge in [0.15, 0.2) is 0 Å². The molecule has 0 saturated heterocycles. The number of hydrogen-bond donors (Lipinski definition) is 3. The maximum absolute atomic E-state index is 13.0. The minimum absolute atomic E-state index is 0.0794. The Morgan fingerprint density at radius 3 is 2.68 bits per heavy atom. The van der Waals surface area contributed by atoms with Gasteiger partial charge < -0.3 is 15.5 Å². The summed E-state index contributed by atoms with van der Waals surface area (Å²) >= 11 is 0. The number of fused-ring (bicyclic) bond motifs is 1. The zero-order valence-corrected chi connectivity index (χ0v) is 15.5. The van der Waals surface area contributed by atoms with Gasteiger partial charge in [0.05, 0.1) is 24.8 Å². The third-order valence-corrected chi connectivity index (χ3v) is 5.11. The van der Waals surface area contributed by atoms with Crippen LogP contribution in [0.25, 0.3) is 10.4 Å². The predicted molar refractivity (Wildman–Crippen MR) is 105 cm³/mol. The molecule has 4 atom stereocenters. The molecule has 1 amide bonds. The molecule has 0 spiro atoms. The largest absolute Gasteiger partial charge is 0.393 e. The summed E-state index contributed by atoms with van der Waals surface area (Å²) in [7, 11) is 0. The van der Waals surface area contributed by atoms with E-state index in [1.165, 1.54) is 0 Å². The normalized spacial score (nSPS) is 19.9. The van der Waals surface area contributed by atoms with E-state index >= 15 is 0 Å². The average molecular weight is 380 g/mol. The lowest BCUT2D eigenvalue weighted by atomic mass is 9.92. The zero-order valence-electron chi connectivity index (χ0n) is 15.5. The maximum atomic E-state index is 13.0. The number of nitrogens with zero attached hydrogens (tertiary/aromatic N) is 3. The summed E-state index contributed by atoms with van der Waals surface area (Å²) in [5, 5.41) is 26.9. The van der Waals surface area contributed by atoms with Crippen molar-refractivity contribution in [3.05, 3.63) is 81.7 Å². The summed E-state index contributed by atoms with van der Waals surface area (Å²) in [5.41, 5.74) is 11.4. The van der Waals surface area contributed by atoms with Gasteiger partial charge in [0, 0.05) is 17.3 Å². The molecule has 0 heterocycles. The summed E-state index contributed by atoms with van der Waals surface area (Å²) in [6.07, 6.45) is -0.457. The minimum atomic E-state index is -0.906. The second kappa shape index (κ2) is 9.37. The van der Waals surface area contributed by atoms with Crippen LogP contribution in [0.4, 0.5) is 0 Å². The molecule has 3 rings (SSSR count). The number of amides is 1. The van der Waals surface area contributed by atoms with Crippen LogP contribution in [0.5, 0.6) is 0 Å². The van der Waals surface area contributed by atoms with Crippen LogP contribution in [-0.2, 0) is 17.6 Å². The standard InChI is InChI=1S/C21H24N4O3/c22-25-23-13-17(26)11-16(10-14-6-2-1-3-7-14)21(28)24-20-18-9-5-4-8-15(18)12-19(20)27/h1-9,16-17,19-20,26-27H,10-13H2,(H,24,28)/t16-,17+,19-,20+/m1/s1. The Balaban J connectivity index is 1.74. The van der Waals surface area contributed by atoms with Crippen LogP contribution >= 0.6 is 0 Å². The second-order valence-corrected chi connectivity index (χ2v) is 7.15. The number of carbonyl (C=O) groups excluding carboxylic acids is 1. The molecule has 1 aliphatic carbocycles. The smallest absolute Gasteiger partial charge is 0.224 e. The molecule has 3 N–H and O–H groups in total. The van der Waals surface area contributed by atoms with Crippen molar-refractivity contribution in [1.29, 1.82) is 0 Å². The Hall–Kier alpha value is -2.86.